The number of unbranched alkanes of at least 4 members (excludes halogenated alkanes) is 2. The van der Waals surface area contributed by atoms with Crippen LogP contribution in [-0.4, -0.2) is 64.1 Å². The van der Waals surface area contributed by atoms with E-state index in [1.165, 1.54) is 0 Å². The number of nitrogens with zero attached hydrogens (tertiary/aromatic N) is 5. The summed E-state index contributed by atoms with van der Waals surface area (Å²) in [6.45, 7) is 4.97. The molecule has 0 saturated heterocycles. The molecule has 0 fully saturated rings. The van der Waals surface area contributed by atoms with Gasteiger partial charge in [-0.1, -0.05) is 26.7 Å². The number of amides is 1. The van der Waals surface area contributed by atoms with Crippen molar-refractivity contribution in [2.75, 3.05) is 36.6 Å². The Morgan fingerprint density at radius 3 is 2.34 bits per heavy atom. The standard InChI is InChI=1S/C28H38N8O5/c1-4-6-14-40-22(37)13-12-21(27(39)41-15-7-5-2)33-26(38)18-8-10-20(11-9-18)36(3)17-19-16-31-25-23(32-19)24(29)34-28(30)35-25/h8-11,16,21H,4-7,12-15,17H2,1-3H3,(H,33,38)(H4,29,30,31,34,35)/t21-/m0/s1. The number of hydrogen-bond donors (Lipinski definition) is 3. The smallest absolute Gasteiger partial charge is 0.328 e. The maximum absolute atomic E-state index is 13.0. The minimum Gasteiger partial charge on any atom is -0.466 e. The average Bonchev–Trinajstić information content (AvgIpc) is 2.95. The lowest BCUT2D eigenvalue weighted by Crippen LogP contribution is -2.42. The Morgan fingerprint density at radius 2 is 1.66 bits per heavy atom. The molecule has 0 spiro atoms. The molecule has 0 radical (unpaired) electrons. The summed E-state index contributed by atoms with van der Waals surface area (Å²) in [5.74, 6) is -1.26. The van der Waals surface area contributed by atoms with E-state index in [9.17, 15) is 14.4 Å². The molecule has 0 aliphatic heterocycles. The van der Waals surface area contributed by atoms with Crippen LogP contribution in [-0.2, 0) is 25.6 Å². The second-order valence-electron chi connectivity index (χ2n) is 9.56. The number of nitrogens with two attached hydrogens (primary N) is 2. The summed E-state index contributed by atoms with van der Waals surface area (Å²) < 4.78 is 10.5. The van der Waals surface area contributed by atoms with Crippen LogP contribution in [0.25, 0.3) is 11.2 Å². The van der Waals surface area contributed by atoms with Gasteiger partial charge >= 0.3 is 11.9 Å². The van der Waals surface area contributed by atoms with Gasteiger partial charge in [0, 0.05) is 24.7 Å². The molecule has 3 rings (SSSR count). The van der Waals surface area contributed by atoms with E-state index in [4.69, 9.17) is 20.9 Å². The predicted octanol–water partition coefficient (Wildman–Crippen LogP) is 2.79. The van der Waals surface area contributed by atoms with Gasteiger partial charge in [-0.05, 0) is 43.5 Å². The van der Waals surface area contributed by atoms with Crippen molar-refractivity contribution in [3.8, 4) is 0 Å². The molecule has 3 aromatic rings. The minimum atomic E-state index is -0.973. The maximum Gasteiger partial charge on any atom is 0.328 e. The van der Waals surface area contributed by atoms with Gasteiger partial charge in [0.25, 0.3) is 5.91 Å². The molecule has 5 N–H and O–H groups in total. The minimum absolute atomic E-state index is 0.00983. The molecular formula is C28H38N8O5. The molecule has 1 aromatic carbocycles. The van der Waals surface area contributed by atoms with Crippen LogP contribution in [0.4, 0.5) is 17.5 Å². The van der Waals surface area contributed by atoms with Crippen molar-refractivity contribution in [1.82, 2.24) is 25.3 Å². The van der Waals surface area contributed by atoms with Crippen molar-refractivity contribution in [3.05, 3.63) is 41.7 Å². The highest BCUT2D eigenvalue weighted by Crippen LogP contribution is 2.19. The number of ether oxygens (including phenoxy) is 2. The Kier molecular flexibility index (Phi) is 11.6. The number of fused-ring (bicyclic) bond motifs is 1. The van der Waals surface area contributed by atoms with E-state index >= 15 is 0 Å². The van der Waals surface area contributed by atoms with Gasteiger partial charge in [0.1, 0.15) is 6.04 Å². The first-order valence-corrected chi connectivity index (χ1v) is 13.7. The highest BCUT2D eigenvalue weighted by atomic mass is 16.5. The number of esters is 2. The SMILES string of the molecule is CCCCOC(=O)CC[C@H](NC(=O)c1ccc(N(C)Cc2cnc3nc(N)nc(N)c3n2)cc1)C(=O)OCCCC. The van der Waals surface area contributed by atoms with Crippen molar-refractivity contribution < 1.29 is 23.9 Å². The van der Waals surface area contributed by atoms with Crippen LogP contribution in [0, 0.1) is 0 Å². The van der Waals surface area contributed by atoms with E-state index in [1.54, 1.807) is 30.5 Å². The molecule has 13 heteroatoms. The van der Waals surface area contributed by atoms with Crippen molar-refractivity contribution in [1.29, 1.82) is 0 Å². The van der Waals surface area contributed by atoms with Crippen LogP contribution in [0.1, 0.15) is 68.4 Å². The lowest BCUT2D eigenvalue weighted by atomic mass is 10.1. The maximum atomic E-state index is 13.0. The number of carbonyl (C=O) groups is 3. The largest absolute Gasteiger partial charge is 0.466 e. The van der Waals surface area contributed by atoms with Gasteiger partial charge in [-0.15, -0.1) is 0 Å². The Bertz CT molecular complexity index is 1340. The molecule has 0 aliphatic carbocycles. The van der Waals surface area contributed by atoms with E-state index < -0.39 is 23.9 Å². The highest BCUT2D eigenvalue weighted by molar-refractivity contribution is 5.97. The van der Waals surface area contributed by atoms with E-state index in [2.05, 4.69) is 25.3 Å². The van der Waals surface area contributed by atoms with E-state index in [0.29, 0.717) is 42.0 Å². The number of nitrogen functional groups attached to an aromatic ring is 2. The summed E-state index contributed by atoms with van der Waals surface area (Å²) in [5, 5.41) is 2.71. The van der Waals surface area contributed by atoms with Crippen LogP contribution in [0.5, 0.6) is 0 Å². The second kappa shape index (κ2) is 15.3. The summed E-state index contributed by atoms with van der Waals surface area (Å²) in [4.78, 5) is 56.4. The van der Waals surface area contributed by atoms with Gasteiger partial charge in [-0.2, -0.15) is 9.97 Å². The summed E-state index contributed by atoms with van der Waals surface area (Å²) >= 11 is 0. The Labute approximate surface area is 239 Å². The third-order valence-corrected chi connectivity index (χ3v) is 6.20. The monoisotopic (exact) mass is 566 g/mol. The van der Waals surface area contributed by atoms with Gasteiger partial charge in [-0.3, -0.25) is 9.59 Å². The first-order chi connectivity index (χ1) is 19.7. The van der Waals surface area contributed by atoms with Crippen LogP contribution in [0.2, 0.25) is 0 Å². The number of hydrogen-bond acceptors (Lipinski definition) is 12. The molecule has 220 valence electrons. The second-order valence-corrected chi connectivity index (χ2v) is 9.56. The van der Waals surface area contributed by atoms with E-state index in [0.717, 1.165) is 24.9 Å². The number of benzene rings is 1. The molecule has 0 saturated carbocycles. The van der Waals surface area contributed by atoms with Crippen LogP contribution in [0.3, 0.4) is 0 Å². The molecule has 1 atom stereocenters. The predicted molar refractivity (Wildman–Crippen MR) is 155 cm³/mol. The molecular weight excluding hydrogens is 528 g/mol. The van der Waals surface area contributed by atoms with Gasteiger partial charge in [0.15, 0.2) is 17.0 Å². The molecule has 41 heavy (non-hydrogen) atoms. The quantitative estimate of drug-likeness (QED) is 0.180. The van der Waals surface area contributed by atoms with E-state index in [1.807, 2.05) is 25.8 Å². The zero-order valence-electron chi connectivity index (χ0n) is 23.8. The number of rotatable bonds is 15. The molecule has 2 heterocycles. The zero-order chi connectivity index (χ0) is 29.8. The Hall–Kier alpha value is -4.55. The van der Waals surface area contributed by atoms with Gasteiger partial charge < -0.3 is 31.2 Å². The van der Waals surface area contributed by atoms with Gasteiger partial charge in [-0.25, -0.2) is 14.8 Å². The molecule has 13 nitrogen and oxygen atoms in total. The molecule has 0 bridgehead atoms. The third kappa shape index (κ3) is 9.26. The van der Waals surface area contributed by atoms with Gasteiger partial charge in [0.05, 0.1) is 31.6 Å². The lowest BCUT2D eigenvalue weighted by molar-refractivity contribution is -0.147. The topological polar surface area (TPSA) is 189 Å². The molecule has 1 amide bonds. The molecule has 0 aliphatic rings. The number of nitrogens with one attached hydrogen (secondary N) is 1. The van der Waals surface area contributed by atoms with Crippen LogP contribution in [0.15, 0.2) is 30.5 Å². The highest BCUT2D eigenvalue weighted by Gasteiger charge is 2.24. The van der Waals surface area contributed by atoms with Crippen LogP contribution >= 0.6 is 0 Å². The van der Waals surface area contributed by atoms with E-state index in [-0.39, 0.29) is 31.2 Å². The van der Waals surface area contributed by atoms with Crippen LogP contribution < -0.4 is 21.7 Å². The fraction of sp³-hybridized carbons (Fsp3) is 0.464. The Morgan fingerprint density at radius 1 is 0.976 bits per heavy atom. The molecule has 2 aromatic heterocycles. The van der Waals surface area contributed by atoms with Crippen molar-refractivity contribution in [3.63, 3.8) is 0 Å². The number of carbonyl (C=O) groups excluding carboxylic acids is 3. The zero-order valence-corrected chi connectivity index (χ0v) is 23.8. The molecule has 0 unspecified atom stereocenters. The van der Waals surface area contributed by atoms with Gasteiger partial charge in [0.2, 0.25) is 5.95 Å². The van der Waals surface area contributed by atoms with Crippen molar-refractivity contribution in [2.24, 2.45) is 0 Å². The average molecular weight is 567 g/mol. The fourth-order valence-electron chi connectivity index (χ4n) is 3.83. The first-order valence-electron chi connectivity index (χ1n) is 13.7. The number of aromatic nitrogens is 4. The third-order valence-electron chi connectivity index (χ3n) is 6.20. The summed E-state index contributed by atoms with van der Waals surface area (Å²) in [6.07, 6.45) is 4.90. The Balaban J connectivity index is 1.63. The van der Waals surface area contributed by atoms with Crippen molar-refractivity contribution >= 4 is 46.5 Å². The first kappa shape index (κ1) is 31.0. The lowest BCUT2D eigenvalue weighted by Gasteiger charge is -2.20. The summed E-state index contributed by atoms with van der Waals surface area (Å²) in [7, 11) is 1.87. The summed E-state index contributed by atoms with van der Waals surface area (Å²) in [6, 6.07) is 5.89. The summed E-state index contributed by atoms with van der Waals surface area (Å²) in [5.41, 5.74) is 14.0. The fourth-order valence-corrected chi connectivity index (χ4v) is 3.83. The number of anilines is 3. The normalized spacial score (nSPS) is 11.6. The van der Waals surface area contributed by atoms with Crippen molar-refractivity contribution in [2.45, 2.75) is 65.0 Å².